The number of carbonyl (C=O) groups is 3. The number of ether oxygens (including phenoxy) is 2. The van der Waals surface area contributed by atoms with E-state index in [1.807, 2.05) is 18.2 Å². The Morgan fingerprint density at radius 3 is 2.43 bits per heavy atom. The molecule has 28 heavy (non-hydrogen) atoms. The zero-order valence-electron chi connectivity index (χ0n) is 15.4. The van der Waals surface area contributed by atoms with Crippen LogP contribution in [0.2, 0.25) is 0 Å². The Morgan fingerprint density at radius 1 is 1.04 bits per heavy atom. The average Bonchev–Trinajstić information content (AvgIpc) is 2.71. The minimum atomic E-state index is -1.18. The first-order valence-corrected chi connectivity index (χ1v) is 8.57. The predicted octanol–water partition coefficient (Wildman–Crippen LogP) is 1.73. The molecule has 0 saturated heterocycles. The van der Waals surface area contributed by atoms with Gasteiger partial charge >= 0.3 is 12.1 Å². The van der Waals surface area contributed by atoms with Crippen molar-refractivity contribution in [2.75, 3.05) is 13.7 Å². The third kappa shape index (κ3) is 6.99. The van der Waals surface area contributed by atoms with E-state index in [2.05, 4.69) is 10.6 Å². The number of hydrogen-bond acceptors (Lipinski definition) is 5. The van der Waals surface area contributed by atoms with Gasteiger partial charge in [0, 0.05) is 6.42 Å². The Balaban J connectivity index is 1.79. The highest BCUT2D eigenvalue weighted by molar-refractivity contribution is 5.86. The molecule has 2 aromatic rings. The molecule has 0 heterocycles. The number of carbonyl (C=O) groups excluding carboxylic acids is 2. The maximum absolute atomic E-state index is 12.0. The molecule has 8 nitrogen and oxygen atoms in total. The summed E-state index contributed by atoms with van der Waals surface area (Å²) >= 11 is 0. The number of nitrogens with one attached hydrogen (secondary N) is 2. The first-order chi connectivity index (χ1) is 13.5. The molecule has 0 bridgehead atoms. The van der Waals surface area contributed by atoms with Crippen LogP contribution in [-0.4, -0.2) is 42.8 Å². The number of alkyl carbamates (subject to hydrolysis) is 1. The fraction of sp³-hybridized carbons (Fsp3) is 0.250. The van der Waals surface area contributed by atoms with E-state index in [0.29, 0.717) is 11.3 Å². The summed E-state index contributed by atoms with van der Waals surface area (Å²) in [5, 5.41) is 14.0. The molecule has 0 aliphatic rings. The van der Waals surface area contributed by atoms with Crippen molar-refractivity contribution in [3.8, 4) is 5.75 Å². The summed E-state index contributed by atoms with van der Waals surface area (Å²) < 4.78 is 10.1. The van der Waals surface area contributed by atoms with Gasteiger partial charge in [-0.3, -0.25) is 4.79 Å². The molecular formula is C20H22N2O6. The van der Waals surface area contributed by atoms with Crippen molar-refractivity contribution >= 4 is 18.0 Å². The summed E-state index contributed by atoms with van der Waals surface area (Å²) in [5.74, 6) is -1.22. The van der Waals surface area contributed by atoms with E-state index in [9.17, 15) is 19.5 Å². The van der Waals surface area contributed by atoms with E-state index >= 15 is 0 Å². The standard InChI is InChI=1S/C20H22N2O6/c1-27-16-9-5-8-15(10-16)11-17(19(24)25)22-18(23)12-21-20(26)28-13-14-6-3-2-4-7-14/h2-10,17H,11-13H2,1H3,(H,21,26)(H,22,23)(H,24,25)/t17-/m0/s1. The molecule has 1 atom stereocenters. The molecule has 8 heteroatoms. The molecule has 0 fully saturated rings. The molecule has 3 N–H and O–H groups in total. The second kappa shape index (κ2) is 10.6. The zero-order valence-corrected chi connectivity index (χ0v) is 15.4. The first kappa shape index (κ1) is 20.8. The van der Waals surface area contributed by atoms with Gasteiger partial charge < -0.3 is 25.2 Å². The van der Waals surface area contributed by atoms with Crippen LogP contribution >= 0.6 is 0 Å². The third-order valence-electron chi connectivity index (χ3n) is 3.81. The van der Waals surface area contributed by atoms with Crippen molar-refractivity contribution in [1.82, 2.24) is 10.6 Å². The van der Waals surface area contributed by atoms with Crippen molar-refractivity contribution < 1.29 is 29.0 Å². The first-order valence-electron chi connectivity index (χ1n) is 8.57. The van der Waals surface area contributed by atoms with Crippen molar-refractivity contribution in [3.05, 3.63) is 65.7 Å². The van der Waals surface area contributed by atoms with Gasteiger partial charge in [-0.05, 0) is 23.3 Å². The number of carboxylic acid groups (broad SMARTS) is 1. The molecule has 148 valence electrons. The number of aliphatic carboxylic acids is 1. The van der Waals surface area contributed by atoms with Crippen molar-refractivity contribution in [2.24, 2.45) is 0 Å². The van der Waals surface area contributed by atoms with E-state index in [1.165, 1.54) is 7.11 Å². The Hall–Kier alpha value is -3.55. The van der Waals surface area contributed by atoms with Crippen molar-refractivity contribution in [3.63, 3.8) is 0 Å². The molecule has 0 saturated carbocycles. The van der Waals surface area contributed by atoms with E-state index in [4.69, 9.17) is 9.47 Å². The molecule has 2 amide bonds. The van der Waals surface area contributed by atoms with Gasteiger partial charge in [-0.1, -0.05) is 42.5 Å². The van der Waals surface area contributed by atoms with Crippen LogP contribution < -0.4 is 15.4 Å². The number of carboxylic acids is 1. The van der Waals surface area contributed by atoms with Crippen molar-refractivity contribution in [2.45, 2.75) is 19.1 Å². The van der Waals surface area contributed by atoms with Crippen LogP contribution in [0.4, 0.5) is 4.79 Å². The maximum Gasteiger partial charge on any atom is 0.407 e. The second-order valence-corrected chi connectivity index (χ2v) is 5.93. The van der Waals surface area contributed by atoms with Gasteiger partial charge in [0.25, 0.3) is 0 Å². The lowest BCUT2D eigenvalue weighted by molar-refractivity contribution is -0.141. The summed E-state index contributed by atoms with van der Waals surface area (Å²) in [7, 11) is 1.51. The Bertz CT molecular complexity index is 809. The van der Waals surface area contributed by atoms with Gasteiger partial charge in [0.2, 0.25) is 5.91 Å². The van der Waals surface area contributed by atoms with Gasteiger partial charge in [0.15, 0.2) is 0 Å². The minimum absolute atomic E-state index is 0.0713. The maximum atomic E-state index is 12.0. The number of benzene rings is 2. The highest BCUT2D eigenvalue weighted by Crippen LogP contribution is 2.14. The predicted molar refractivity (Wildman–Crippen MR) is 101 cm³/mol. The molecule has 0 unspecified atom stereocenters. The third-order valence-corrected chi connectivity index (χ3v) is 3.81. The molecular weight excluding hydrogens is 364 g/mol. The van der Waals surface area contributed by atoms with Gasteiger partial charge in [-0.2, -0.15) is 0 Å². The van der Waals surface area contributed by atoms with Gasteiger partial charge in [0.05, 0.1) is 7.11 Å². The highest BCUT2D eigenvalue weighted by atomic mass is 16.5. The average molecular weight is 386 g/mol. The van der Waals surface area contributed by atoms with E-state index in [-0.39, 0.29) is 13.0 Å². The fourth-order valence-electron chi connectivity index (χ4n) is 2.41. The van der Waals surface area contributed by atoms with Gasteiger partial charge in [-0.15, -0.1) is 0 Å². The smallest absolute Gasteiger partial charge is 0.407 e. The minimum Gasteiger partial charge on any atom is -0.497 e. The molecule has 0 radical (unpaired) electrons. The molecule has 2 rings (SSSR count). The van der Waals surface area contributed by atoms with Crippen LogP contribution in [0.1, 0.15) is 11.1 Å². The normalized spacial score (nSPS) is 11.2. The van der Waals surface area contributed by atoms with Gasteiger partial charge in [0.1, 0.15) is 24.9 Å². The number of amides is 2. The quantitative estimate of drug-likeness (QED) is 0.605. The molecule has 0 spiro atoms. The second-order valence-electron chi connectivity index (χ2n) is 5.93. The Labute approximate surface area is 162 Å². The largest absolute Gasteiger partial charge is 0.497 e. The van der Waals surface area contributed by atoms with Gasteiger partial charge in [-0.25, -0.2) is 9.59 Å². The molecule has 0 aromatic heterocycles. The summed E-state index contributed by atoms with van der Waals surface area (Å²) in [6, 6.07) is 14.9. The zero-order chi connectivity index (χ0) is 20.4. The lowest BCUT2D eigenvalue weighted by Gasteiger charge is -2.15. The van der Waals surface area contributed by atoms with Crippen LogP contribution in [0.3, 0.4) is 0 Å². The lowest BCUT2D eigenvalue weighted by Crippen LogP contribution is -2.46. The number of methoxy groups -OCH3 is 1. The van der Waals surface area contributed by atoms with Crippen LogP contribution in [0.5, 0.6) is 5.75 Å². The van der Waals surface area contributed by atoms with Crippen LogP contribution in [-0.2, 0) is 27.4 Å². The fourth-order valence-corrected chi connectivity index (χ4v) is 2.41. The summed E-state index contributed by atoms with van der Waals surface area (Å²) in [4.78, 5) is 35.1. The topological polar surface area (TPSA) is 114 Å². The van der Waals surface area contributed by atoms with E-state index in [0.717, 1.165) is 5.56 Å². The van der Waals surface area contributed by atoms with Crippen LogP contribution in [0, 0.1) is 0 Å². The molecule has 0 aliphatic carbocycles. The monoisotopic (exact) mass is 386 g/mol. The highest BCUT2D eigenvalue weighted by Gasteiger charge is 2.21. The molecule has 0 aliphatic heterocycles. The van der Waals surface area contributed by atoms with E-state index < -0.39 is 30.6 Å². The SMILES string of the molecule is COc1cccc(C[C@H](NC(=O)CNC(=O)OCc2ccccc2)C(=O)O)c1. The summed E-state index contributed by atoms with van der Waals surface area (Å²) in [6.07, 6.45) is -0.685. The van der Waals surface area contributed by atoms with E-state index in [1.54, 1.807) is 36.4 Å². The van der Waals surface area contributed by atoms with Crippen LogP contribution in [0.15, 0.2) is 54.6 Å². The molecule has 2 aromatic carbocycles. The number of rotatable bonds is 9. The number of hydrogen-bond donors (Lipinski definition) is 3. The van der Waals surface area contributed by atoms with Crippen molar-refractivity contribution in [1.29, 1.82) is 0 Å². The summed E-state index contributed by atoms with van der Waals surface area (Å²) in [5.41, 5.74) is 1.51. The Kier molecular flexibility index (Phi) is 7.83. The van der Waals surface area contributed by atoms with Crippen LogP contribution in [0.25, 0.3) is 0 Å². The Morgan fingerprint density at radius 2 is 1.75 bits per heavy atom. The summed E-state index contributed by atoms with van der Waals surface area (Å²) in [6.45, 7) is -0.322. The lowest BCUT2D eigenvalue weighted by atomic mass is 10.1.